The largest absolute Gasteiger partial charge is 0.478 e. The summed E-state index contributed by atoms with van der Waals surface area (Å²) in [6.07, 6.45) is 6.40. The molecule has 1 aliphatic rings. The maximum absolute atomic E-state index is 13.3. The van der Waals surface area contributed by atoms with E-state index in [0.29, 0.717) is 37.3 Å². The molecule has 0 aliphatic carbocycles. The van der Waals surface area contributed by atoms with E-state index in [1.54, 1.807) is 30.6 Å². The molecule has 4 aromatic rings. The summed E-state index contributed by atoms with van der Waals surface area (Å²) in [5, 5.41) is 15.6. The number of hydrogen-bond donors (Lipinski definition) is 2. The van der Waals surface area contributed by atoms with E-state index in [0.717, 1.165) is 49.1 Å². The van der Waals surface area contributed by atoms with Crippen molar-refractivity contribution in [3.63, 3.8) is 0 Å². The molecule has 0 atom stereocenters. The van der Waals surface area contributed by atoms with Crippen LogP contribution in [0.4, 0.5) is 4.39 Å². The van der Waals surface area contributed by atoms with Crippen molar-refractivity contribution in [2.75, 3.05) is 26.2 Å². The maximum Gasteiger partial charge on any atom is 0.328 e. The predicted octanol–water partition coefficient (Wildman–Crippen LogP) is 3.65. The monoisotopic (exact) mass is 563 g/mol. The summed E-state index contributed by atoms with van der Waals surface area (Å²) in [7, 11) is 0. The number of likely N-dealkylation sites (tertiary alicyclic amines) is 1. The van der Waals surface area contributed by atoms with Gasteiger partial charge >= 0.3 is 17.9 Å². The Bertz CT molecular complexity index is 1440. The fraction of sp³-hybridized carbons (Fsp3) is 0.276. The van der Waals surface area contributed by atoms with Gasteiger partial charge < -0.3 is 19.7 Å². The summed E-state index contributed by atoms with van der Waals surface area (Å²) in [6.45, 7) is 3.83. The third kappa shape index (κ3) is 9.11. The van der Waals surface area contributed by atoms with E-state index in [-0.39, 0.29) is 11.9 Å². The Morgan fingerprint density at radius 3 is 2.27 bits per heavy atom. The smallest absolute Gasteiger partial charge is 0.328 e. The van der Waals surface area contributed by atoms with Crippen LogP contribution in [0.2, 0.25) is 0 Å². The molecule has 0 radical (unpaired) electrons. The minimum atomic E-state index is -1.26. The van der Waals surface area contributed by atoms with E-state index in [1.165, 1.54) is 12.1 Å². The highest BCUT2D eigenvalue weighted by molar-refractivity contribution is 5.89. The molecular formula is C29H30FN5O6. The number of hydrogen-bond acceptors (Lipinski definition) is 8. The van der Waals surface area contributed by atoms with Gasteiger partial charge in [-0.15, -0.1) is 0 Å². The number of imidazole rings is 1. The summed E-state index contributed by atoms with van der Waals surface area (Å²) in [4.78, 5) is 34.4. The number of piperidine rings is 1. The lowest BCUT2D eigenvalue weighted by Gasteiger charge is -2.31. The van der Waals surface area contributed by atoms with Crippen LogP contribution in [0, 0.1) is 5.82 Å². The van der Waals surface area contributed by atoms with Crippen LogP contribution >= 0.6 is 0 Å². The first-order chi connectivity index (χ1) is 19.9. The van der Waals surface area contributed by atoms with Crippen molar-refractivity contribution in [2.24, 2.45) is 0 Å². The third-order valence-electron chi connectivity index (χ3n) is 6.23. The minimum Gasteiger partial charge on any atom is -0.478 e. The molecule has 12 heteroatoms. The van der Waals surface area contributed by atoms with E-state index < -0.39 is 11.9 Å². The van der Waals surface area contributed by atoms with Crippen LogP contribution in [-0.4, -0.2) is 78.9 Å². The van der Waals surface area contributed by atoms with Crippen LogP contribution in [0.25, 0.3) is 11.0 Å². The second-order valence-electron chi connectivity index (χ2n) is 9.14. The van der Waals surface area contributed by atoms with Gasteiger partial charge in [-0.1, -0.05) is 24.3 Å². The van der Waals surface area contributed by atoms with Gasteiger partial charge in [0.15, 0.2) is 0 Å². The number of para-hydroxylation sites is 2. The van der Waals surface area contributed by atoms with Crippen LogP contribution in [-0.2, 0) is 16.1 Å². The average Bonchev–Trinajstić information content (AvgIpc) is 3.31. The molecular weight excluding hydrogens is 533 g/mol. The first-order valence-corrected chi connectivity index (χ1v) is 13.0. The highest BCUT2D eigenvalue weighted by Crippen LogP contribution is 2.26. The van der Waals surface area contributed by atoms with E-state index in [1.807, 2.05) is 24.3 Å². The van der Waals surface area contributed by atoms with Gasteiger partial charge in [-0.25, -0.2) is 23.9 Å². The van der Waals surface area contributed by atoms with Gasteiger partial charge in [0.25, 0.3) is 6.01 Å². The lowest BCUT2D eigenvalue weighted by molar-refractivity contribution is -0.134. The van der Waals surface area contributed by atoms with E-state index in [9.17, 15) is 14.0 Å². The summed E-state index contributed by atoms with van der Waals surface area (Å²) in [5.41, 5.74) is 2.91. The standard InChI is InChI=1S/C25H26FN5O2.C4H4O4/c26-20-8-6-19(7-9-20)18-31-23-5-2-1-4-22(23)29-25(31)33-21-10-14-30(15-11-21)16-17-32-24-27-12-3-13-28-24;5-3(6)1-2-4(7)8/h1-9,12-13,21H,10-11,14-18H2;1-2H,(H,5,6)(H,7,8). The average molecular weight is 564 g/mol. The maximum atomic E-state index is 13.3. The predicted molar refractivity (Wildman–Crippen MR) is 147 cm³/mol. The van der Waals surface area contributed by atoms with Crippen molar-refractivity contribution in [1.29, 1.82) is 0 Å². The molecule has 214 valence electrons. The van der Waals surface area contributed by atoms with Gasteiger partial charge in [-0.2, -0.15) is 4.98 Å². The highest BCUT2D eigenvalue weighted by Gasteiger charge is 2.23. The highest BCUT2D eigenvalue weighted by atomic mass is 19.1. The van der Waals surface area contributed by atoms with Crippen molar-refractivity contribution in [1.82, 2.24) is 24.4 Å². The second-order valence-corrected chi connectivity index (χ2v) is 9.14. The first kappa shape index (κ1) is 29.2. The Hall–Kier alpha value is -4.84. The van der Waals surface area contributed by atoms with Crippen LogP contribution in [0.5, 0.6) is 12.0 Å². The minimum absolute atomic E-state index is 0.100. The fourth-order valence-electron chi connectivity index (χ4n) is 4.24. The number of carbonyl (C=O) groups is 2. The molecule has 0 saturated carbocycles. The van der Waals surface area contributed by atoms with Crippen molar-refractivity contribution >= 4 is 23.0 Å². The molecule has 1 fully saturated rings. The number of carboxylic acid groups (broad SMARTS) is 2. The zero-order valence-electron chi connectivity index (χ0n) is 22.2. The normalized spacial score (nSPS) is 14.0. The Kier molecular flexibility index (Phi) is 10.3. The Labute approximate surface area is 235 Å². The van der Waals surface area contributed by atoms with Crippen molar-refractivity contribution in [3.05, 3.63) is 90.5 Å². The van der Waals surface area contributed by atoms with Crippen LogP contribution in [0.3, 0.4) is 0 Å². The van der Waals surface area contributed by atoms with Gasteiger partial charge in [-0.3, -0.25) is 9.47 Å². The number of rotatable bonds is 10. The van der Waals surface area contributed by atoms with Crippen LogP contribution in [0.1, 0.15) is 18.4 Å². The zero-order valence-corrected chi connectivity index (χ0v) is 22.2. The molecule has 11 nitrogen and oxygen atoms in total. The summed E-state index contributed by atoms with van der Waals surface area (Å²) in [6, 6.07) is 17.4. The molecule has 0 amide bonds. The molecule has 2 N–H and O–H groups in total. The molecule has 0 bridgehead atoms. The van der Waals surface area contributed by atoms with Crippen molar-refractivity contribution in [3.8, 4) is 12.0 Å². The summed E-state index contributed by atoms with van der Waals surface area (Å²) >= 11 is 0. The second kappa shape index (κ2) is 14.5. The third-order valence-corrected chi connectivity index (χ3v) is 6.23. The molecule has 2 aromatic heterocycles. The summed E-state index contributed by atoms with van der Waals surface area (Å²) in [5.74, 6) is -2.75. The first-order valence-electron chi connectivity index (χ1n) is 13.0. The molecule has 5 rings (SSSR count). The quantitative estimate of drug-likeness (QED) is 0.275. The Morgan fingerprint density at radius 1 is 0.951 bits per heavy atom. The number of benzene rings is 2. The van der Waals surface area contributed by atoms with Crippen LogP contribution < -0.4 is 9.47 Å². The van der Waals surface area contributed by atoms with Gasteiger partial charge in [0.05, 0.1) is 17.6 Å². The lowest BCUT2D eigenvalue weighted by atomic mass is 10.1. The Morgan fingerprint density at radius 2 is 1.61 bits per heavy atom. The van der Waals surface area contributed by atoms with Crippen molar-refractivity contribution < 1.29 is 33.7 Å². The molecule has 0 unspecified atom stereocenters. The molecule has 0 spiro atoms. The number of halogens is 1. The van der Waals surface area contributed by atoms with E-state index in [2.05, 4.69) is 19.4 Å². The number of fused-ring (bicyclic) bond motifs is 1. The molecule has 3 heterocycles. The van der Waals surface area contributed by atoms with Gasteiger partial charge in [0, 0.05) is 44.2 Å². The van der Waals surface area contributed by atoms with E-state index in [4.69, 9.17) is 24.7 Å². The van der Waals surface area contributed by atoms with Crippen molar-refractivity contribution in [2.45, 2.75) is 25.5 Å². The number of aromatic nitrogens is 4. The molecule has 1 aliphatic heterocycles. The zero-order chi connectivity index (χ0) is 29.0. The van der Waals surface area contributed by atoms with E-state index >= 15 is 0 Å². The summed E-state index contributed by atoms with van der Waals surface area (Å²) < 4.78 is 27.4. The topological polar surface area (TPSA) is 140 Å². The molecule has 1 saturated heterocycles. The van der Waals surface area contributed by atoms with Crippen LogP contribution in [0.15, 0.2) is 79.1 Å². The number of ether oxygens (including phenoxy) is 2. The molecule has 41 heavy (non-hydrogen) atoms. The Balaban J connectivity index is 0.000000426. The lowest BCUT2D eigenvalue weighted by Crippen LogP contribution is -2.40. The molecule has 2 aromatic carbocycles. The fourth-order valence-corrected chi connectivity index (χ4v) is 4.24. The van der Waals surface area contributed by atoms with Gasteiger partial charge in [-0.05, 0) is 48.7 Å². The number of carboxylic acids is 2. The number of aliphatic carboxylic acids is 2. The SMILES string of the molecule is Fc1ccc(Cn2c(OC3CCN(CCOc4ncccn4)CC3)nc3ccccc32)cc1.O=C(O)C=CC(=O)O. The number of nitrogens with zero attached hydrogens (tertiary/aromatic N) is 5. The van der Waals surface area contributed by atoms with Gasteiger partial charge in [0.2, 0.25) is 0 Å². The van der Waals surface area contributed by atoms with Gasteiger partial charge in [0.1, 0.15) is 18.5 Å².